The Morgan fingerprint density at radius 2 is 1.16 bits per heavy atom. The van der Waals surface area contributed by atoms with Gasteiger partial charge in [0.1, 0.15) is 10.6 Å². The number of hydrogen-bond donors (Lipinski definition) is 1. The maximum absolute atomic E-state index is 13.0. The summed E-state index contributed by atoms with van der Waals surface area (Å²) in [6.07, 6.45) is 22.8. The van der Waals surface area contributed by atoms with Gasteiger partial charge in [0, 0.05) is 11.6 Å². The molecule has 0 radical (unpaired) electrons. The zero-order valence-electron chi connectivity index (χ0n) is 28.0. The second-order valence-corrected chi connectivity index (χ2v) is 14.6. The van der Waals surface area contributed by atoms with E-state index in [1.165, 1.54) is 77.0 Å². The minimum atomic E-state index is -4.01. The van der Waals surface area contributed by atoms with E-state index < -0.39 is 10.1 Å². The molecule has 6 heteroatoms. The van der Waals surface area contributed by atoms with Crippen LogP contribution in [0.25, 0.3) is 0 Å². The van der Waals surface area contributed by atoms with Crippen LogP contribution >= 0.6 is 0 Å². The van der Waals surface area contributed by atoms with Crippen LogP contribution < -0.4 is 14.7 Å². The van der Waals surface area contributed by atoms with Crippen LogP contribution in [0.2, 0.25) is 0 Å². The Kier molecular flexibility index (Phi) is 17.2. The Morgan fingerprint density at radius 3 is 1.70 bits per heavy atom. The molecule has 0 saturated heterocycles. The molecule has 0 bridgehead atoms. The summed E-state index contributed by atoms with van der Waals surface area (Å²) in [5.41, 5.74) is 8.32. The van der Waals surface area contributed by atoms with Crippen molar-refractivity contribution < 1.29 is 17.3 Å². The molecule has 5 nitrogen and oxygen atoms in total. The SMILES string of the molecule is CCCCCCCCCCCCCCCCOc1cc(N)c(OS(=O)(=O)c2ccc(C)cc2)cc1C(C)(C)CCCCC. The molecule has 2 N–H and O–H groups in total. The Labute approximate surface area is 264 Å². The van der Waals surface area contributed by atoms with Crippen molar-refractivity contribution in [2.24, 2.45) is 0 Å². The van der Waals surface area contributed by atoms with Crippen LogP contribution in [0.4, 0.5) is 5.69 Å². The van der Waals surface area contributed by atoms with Gasteiger partial charge < -0.3 is 14.7 Å². The van der Waals surface area contributed by atoms with Gasteiger partial charge in [-0.15, -0.1) is 0 Å². The molecular formula is C37H61NO4S. The smallest absolute Gasteiger partial charge is 0.339 e. The maximum Gasteiger partial charge on any atom is 0.339 e. The highest BCUT2D eigenvalue weighted by molar-refractivity contribution is 7.87. The normalized spacial score (nSPS) is 12.0. The molecule has 0 aliphatic heterocycles. The quantitative estimate of drug-likeness (QED) is 0.0722. The first-order valence-corrected chi connectivity index (χ1v) is 18.6. The van der Waals surface area contributed by atoms with Gasteiger partial charge in [-0.1, -0.05) is 148 Å². The topological polar surface area (TPSA) is 78.6 Å². The predicted octanol–water partition coefficient (Wildman–Crippen LogP) is 11.1. The fraction of sp³-hybridized carbons (Fsp3) is 0.676. The zero-order valence-corrected chi connectivity index (χ0v) is 28.8. The molecule has 0 atom stereocenters. The zero-order chi connectivity index (χ0) is 31.6. The number of ether oxygens (including phenoxy) is 1. The summed E-state index contributed by atoms with van der Waals surface area (Å²) in [6, 6.07) is 10.2. The highest BCUT2D eigenvalue weighted by atomic mass is 32.2. The number of hydrogen-bond acceptors (Lipinski definition) is 5. The third-order valence-electron chi connectivity index (χ3n) is 8.51. The Bertz CT molecular complexity index is 1140. The van der Waals surface area contributed by atoms with Crippen molar-refractivity contribution in [3.05, 3.63) is 47.5 Å². The summed E-state index contributed by atoms with van der Waals surface area (Å²) in [5.74, 6) is 0.886. The van der Waals surface area contributed by atoms with Crippen LogP contribution in [0.3, 0.4) is 0 Å². The molecule has 244 valence electrons. The van der Waals surface area contributed by atoms with Crippen molar-refractivity contribution in [3.8, 4) is 11.5 Å². The number of nitrogen functional groups attached to an aromatic ring is 1. The molecule has 0 aliphatic carbocycles. The van der Waals surface area contributed by atoms with Gasteiger partial charge in [0.05, 0.1) is 12.3 Å². The third kappa shape index (κ3) is 14.0. The first-order valence-electron chi connectivity index (χ1n) is 17.2. The van der Waals surface area contributed by atoms with E-state index in [0.29, 0.717) is 6.61 Å². The first kappa shape index (κ1) is 37.0. The van der Waals surface area contributed by atoms with Crippen LogP contribution in [0.5, 0.6) is 11.5 Å². The molecule has 0 aliphatic rings. The van der Waals surface area contributed by atoms with Crippen molar-refractivity contribution in [2.45, 2.75) is 161 Å². The molecule has 0 aromatic heterocycles. The molecule has 0 amide bonds. The summed E-state index contributed by atoms with van der Waals surface area (Å²) >= 11 is 0. The van der Waals surface area contributed by atoms with Crippen molar-refractivity contribution in [1.82, 2.24) is 0 Å². The molecule has 2 rings (SSSR count). The number of aryl methyl sites for hydroxylation is 1. The van der Waals surface area contributed by atoms with Gasteiger partial charge in [0.25, 0.3) is 0 Å². The van der Waals surface area contributed by atoms with Crippen LogP contribution in [-0.4, -0.2) is 15.0 Å². The van der Waals surface area contributed by atoms with Crippen molar-refractivity contribution in [3.63, 3.8) is 0 Å². The fourth-order valence-electron chi connectivity index (χ4n) is 5.60. The molecule has 2 aromatic rings. The molecule has 0 heterocycles. The average molecular weight is 616 g/mol. The molecule has 0 spiro atoms. The highest BCUT2D eigenvalue weighted by Crippen LogP contribution is 2.41. The van der Waals surface area contributed by atoms with Crippen molar-refractivity contribution in [1.29, 1.82) is 0 Å². The van der Waals surface area contributed by atoms with Crippen molar-refractivity contribution >= 4 is 15.8 Å². The van der Waals surface area contributed by atoms with E-state index in [-0.39, 0.29) is 21.7 Å². The lowest BCUT2D eigenvalue weighted by Gasteiger charge is -2.29. The monoisotopic (exact) mass is 615 g/mol. The van der Waals surface area contributed by atoms with Gasteiger partial charge in [-0.2, -0.15) is 8.42 Å². The predicted molar refractivity (Wildman–Crippen MR) is 183 cm³/mol. The van der Waals surface area contributed by atoms with Crippen LogP contribution in [0.1, 0.15) is 154 Å². The lowest BCUT2D eigenvalue weighted by atomic mass is 9.79. The van der Waals surface area contributed by atoms with Gasteiger partial charge >= 0.3 is 10.1 Å². The van der Waals surface area contributed by atoms with E-state index >= 15 is 0 Å². The Balaban J connectivity index is 1.91. The molecule has 0 fully saturated rings. The standard InChI is InChI=1S/C37H61NO4S/c1-6-8-10-11-12-13-14-15-16-17-18-19-20-22-28-41-35-30-34(38)36(29-33(35)37(4,5)27-21-9-7-2)42-43(39,40)32-25-23-31(3)24-26-32/h23-26,29-30H,6-22,27-28,38H2,1-5H3. The summed E-state index contributed by atoms with van der Waals surface area (Å²) in [4.78, 5) is 0.111. The van der Waals surface area contributed by atoms with Gasteiger partial charge in [-0.05, 0) is 43.4 Å². The fourth-order valence-corrected chi connectivity index (χ4v) is 6.54. The van der Waals surface area contributed by atoms with Crippen LogP contribution in [0.15, 0.2) is 41.3 Å². The number of benzene rings is 2. The number of unbranched alkanes of at least 4 members (excludes halogenated alkanes) is 15. The van der Waals surface area contributed by atoms with Gasteiger partial charge in [-0.3, -0.25) is 0 Å². The lowest BCUT2D eigenvalue weighted by Crippen LogP contribution is -2.20. The van der Waals surface area contributed by atoms with Crippen LogP contribution in [-0.2, 0) is 15.5 Å². The summed E-state index contributed by atoms with van der Waals surface area (Å²) in [7, 11) is -4.01. The first-order chi connectivity index (χ1) is 20.6. The van der Waals surface area contributed by atoms with E-state index in [1.54, 1.807) is 36.4 Å². The minimum Gasteiger partial charge on any atom is -0.493 e. The molecule has 0 saturated carbocycles. The van der Waals surface area contributed by atoms with Gasteiger partial charge in [0.2, 0.25) is 0 Å². The van der Waals surface area contributed by atoms with Gasteiger partial charge in [-0.25, -0.2) is 0 Å². The lowest BCUT2D eigenvalue weighted by molar-refractivity contribution is 0.292. The van der Waals surface area contributed by atoms with E-state index in [9.17, 15) is 8.42 Å². The Morgan fingerprint density at radius 1 is 0.674 bits per heavy atom. The van der Waals surface area contributed by atoms with Crippen LogP contribution in [0, 0.1) is 6.92 Å². The molecule has 2 aromatic carbocycles. The second-order valence-electron chi connectivity index (χ2n) is 13.0. The van der Waals surface area contributed by atoms with Gasteiger partial charge in [0.15, 0.2) is 5.75 Å². The average Bonchev–Trinajstić information content (AvgIpc) is 2.96. The maximum atomic E-state index is 13.0. The third-order valence-corrected chi connectivity index (χ3v) is 9.76. The highest BCUT2D eigenvalue weighted by Gasteiger charge is 2.28. The summed E-state index contributed by atoms with van der Waals surface area (Å²) < 4.78 is 38.0. The molecular weight excluding hydrogens is 554 g/mol. The Hall–Kier alpha value is -2.21. The van der Waals surface area contributed by atoms with E-state index in [2.05, 4.69) is 27.7 Å². The van der Waals surface area contributed by atoms with E-state index in [0.717, 1.165) is 55.4 Å². The van der Waals surface area contributed by atoms with E-state index in [1.807, 2.05) is 6.92 Å². The largest absolute Gasteiger partial charge is 0.493 e. The molecule has 43 heavy (non-hydrogen) atoms. The second kappa shape index (κ2) is 19.9. The number of nitrogens with two attached hydrogens (primary N) is 1. The minimum absolute atomic E-state index is 0.111. The number of rotatable bonds is 24. The van der Waals surface area contributed by atoms with Crippen molar-refractivity contribution in [2.75, 3.05) is 12.3 Å². The molecule has 0 unspecified atom stereocenters. The summed E-state index contributed by atoms with van der Waals surface area (Å²) in [5, 5.41) is 0. The number of anilines is 1. The van der Waals surface area contributed by atoms with E-state index in [4.69, 9.17) is 14.7 Å². The summed E-state index contributed by atoms with van der Waals surface area (Å²) in [6.45, 7) is 11.4.